The SMILES string of the molecule is CNC(CSC)c1ccc[nH]1. The van der Waals surface area contributed by atoms with E-state index in [2.05, 4.69) is 22.6 Å². The van der Waals surface area contributed by atoms with Crippen molar-refractivity contribution in [2.45, 2.75) is 6.04 Å². The average Bonchev–Trinajstić information content (AvgIpc) is 2.52. The fourth-order valence-corrected chi connectivity index (χ4v) is 1.74. The van der Waals surface area contributed by atoms with Crippen LogP contribution in [-0.4, -0.2) is 24.0 Å². The van der Waals surface area contributed by atoms with E-state index >= 15 is 0 Å². The van der Waals surface area contributed by atoms with Gasteiger partial charge < -0.3 is 10.3 Å². The molecule has 0 aliphatic rings. The number of rotatable bonds is 4. The number of thioether (sulfide) groups is 1. The molecule has 2 N–H and O–H groups in total. The lowest BCUT2D eigenvalue weighted by atomic mass is 10.2. The van der Waals surface area contributed by atoms with E-state index in [1.165, 1.54) is 5.69 Å². The molecule has 2 nitrogen and oxygen atoms in total. The topological polar surface area (TPSA) is 27.8 Å². The predicted octanol–water partition coefficient (Wildman–Crippen LogP) is 1.64. The number of hydrogen-bond donors (Lipinski definition) is 2. The summed E-state index contributed by atoms with van der Waals surface area (Å²) in [4.78, 5) is 3.20. The Kier molecular flexibility index (Phi) is 3.52. The van der Waals surface area contributed by atoms with Gasteiger partial charge in [0.15, 0.2) is 0 Å². The Labute approximate surface area is 71.8 Å². The van der Waals surface area contributed by atoms with Gasteiger partial charge in [0.25, 0.3) is 0 Å². The van der Waals surface area contributed by atoms with Gasteiger partial charge in [-0.25, -0.2) is 0 Å². The van der Waals surface area contributed by atoms with Gasteiger partial charge in [0, 0.05) is 17.6 Å². The van der Waals surface area contributed by atoms with Crippen LogP contribution in [0.3, 0.4) is 0 Å². The smallest absolute Gasteiger partial charge is 0.0562 e. The van der Waals surface area contributed by atoms with Crippen molar-refractivity contribution in [1.82, 2.24) is 10.3 Å². The van der Waals surface area contributed by atoms with Gasteiger partial charge in [-0.2, -0.15) is 11.8 Å². The van der Waals surface area contributed by atoms with Crippen LogP contribution in [0.15, 0.2) is 18.3 Å². The van der Waals surface area contributed by atoms with E-state index < -0.39 is 0 Å². The Morgan fingerprint density at radius 2 is 2.55 bits per heavy atom. The zero-order valence-corrected chi connectivity index (χ0v) is 7.74. The van der Waals surface area contributed by atoms with Crippen LogP contribution in [0.2, 0.25) is 0 Å². The Bertz CT molecular complexity index is 184. The predicted molar refractivity (Wildman–Crippen MR) is 51.0 cm³/mol. The molecule has 0 amide bonds. The highest BCUT2D eigenvalue weighted by molar-refractivity contribution is 7.98. The van der Waals surface area contributed by atoms with Crippen LogP contribution in [0.4, 0.5) is 0 Å². The van der Waals surface area contributed by atoms with Crippen LogP contribution >= 0.6 is 11.8 Å². The Morgan fingerprint density at radius 3 is 3.00 bits per heavy atom. The van der Waals surface area contributed by atoms with Crippen molar-refractivity contribution in [3.05, 3.63) is 24.0 Å². The maximum Gasteiger partial charge on any atom is 0.0562 e. The maximum atomic E-state index is 3.25. The third-order valence-electron chi connectivity index (χ3n) is 1.68. The fourth-order valence-electron chi connectivity index (χ4n) is 1.06. The lowest BCUT2D eigenvalue weighted by molar-refractivity contribution is 0.646. The Morgan fingerprint density at radius 1 is 1.73 bits per heavy atom. The molecule has 1 heterocycles. The van der Waals surface area contributed by atoms with Crippen molar-refractivity contribution in [3.63, 3.8) is 0 Å². The normalized spacial score (nSPS) is 13.3. The molecule has 0 aliphatic heterocycles. The first kappa shape index (κ1) is 8.68. The molecular formula is C8H14N2S. The summed E-state index contributed by atoms with van der Waals surface area (Å²) in [7, 11) is 1.99. The Hall–Kier alpha value is -0.410. The molecule has 1 rings (SSSR count). The minimum Gasteiger partial charge on any atom is -0.364 e. The first-order valence-corrected chi connectivity index (χ1v) is 5.07. The van der Waals surface area contributed by atoms with Gasteiger partial charge in [-0.3, -0.25) is 0 Å². The summed E-state index contributed by atoms with van der Waals surface area (Å²) < 4.78 is 0. The molecule has 1 atom stereocenters. The molecule has 0 bridgehead atoms. The largest absolute Gasteiger partial charge is 0.364 e. The molecule has 0 spiro atoms. The molecule has 0 aromatic carbocycles. The van der Waals surface area contributed by atoms with Crippen LogP contribution < -0.4 is 5.32 Å². The van der Waals surface area contributed by atoms with Crippen molar-refractivity contribution in [2.75, 3.05) is 19.1 Å². The number of H-pyrrole nitrogens is 1. The summed E-state index contributed by atoms with van der Waals surface area (Å²) in [5.41, 5.74) is 1.27. The van der Waals surface area contributed by atoms with Crippen molar-refractivity contribution >= 4 is 11.8 Å². The highest BCUT2D eigenvalue weighted by Gasteiger charge is 2.07. The summed E-state index contributed by atoms with van der Waals surface area (Å²) in [6.07, 6.45) is 4.08. The molecule has 0 fully saturated rings. The molecule has 3 heteroatoms. The van der Waals surface area contributed by atoms with Crippen molar-refractivity contribution in [1.29, 1.82) is 0 Å². The van der Waals surface area contributed by atoms with Gasteiger partial charge in [0.2, 0.25) is 0 Å². The minimum atomic E-state index is 0.458. The van der Waals surface area contributed by atoms with Crippen LogP contribution in [0, 0.1) is 0 Å². The van der Waals surface area contributed by atoms with E-state index in [1.807, 2.05) is 31.1 Å². The zero-order chi connectivity index (χ0) is 8.10. The number of hydrogen-bond acceptors (Lipinski definition) is 2. The van der Waals surface area contributed by atoms with Gasteiger partial charge in [0.1, 0.15) is 0 Å². The summed E-state index contributed by atoms with van der Waals surface area (Å²) in [5, 5.41) is 3.25. The van der Waals surface area contributed by atoms with E-state index in [1.54, 1.807) is 0 Å². The second kappa shape index (κ2) is 4.46. The van der Waals surface area contributed by atoms with Gasteiger partial charge >= 0.3 is 0 Å². The number of nitrogens with one attached hydrogen (secondary N) is 2. The van der Waals surface area contributed by atoms with Gasteiger partial charge in [-0.05, 0) is 25.4 Å². The molecule has 0 saturated heterocycles. The maximum absolute atomic E-state index is 3.25. The first-order chi connectivity index (χ1) is 5.38. The van der Waals surface area contributed by atoms with Crippen molar-refractivity contribution in [2.24, 2.45) is 0 Å². The van der Waals surface area contributed by atoms with E-state index in [0.717, 1.165) is 5.75 Å². The lowest BCUT2D eigenvalue weighted by Gasteiger charge is -2.12. The first-order valence-electron chi connectivity index (χ1n) is 3.68. The molecule has 1 unspecified atom stereocenters. The summed E-state index contributed by atoms with van der Waals surface area (Å²) in [6.45, 7) is 0. The molecule has 1 aromatic heterocycles. The molecular weight excluding hydrogens is 156 g/mol. The van der Waals surface area contributed by atoms with Gasteiger partial charge in [-0.15, -0.1) is 0 Å². The van der Waals surface area contributed by atoms with Crippen LogP contribution in [0.5, 0.6) is 0 Å². The quantitative estimate of drug-likeness (QED) is 0.719. The van der Waals surface area contributed by atoms with E-state index in [-0.39, 0.29) is 0 Å². The van der Waals surface area contributed by atoms with Crippen LogP contribution in [0.1, 0.15) is 11.7 Å². The second-order valence-corrected chi connectivity index (χ2v) is 3.33. The van der Waals surface area contributed by atoms with Crippen LogP contribution in [0.25, 0.3) is 0 Å². The lowest BCUT2D eigenvalue weighted by Crippen LogP contribution is -2.18. The standard InChI is InChI=1S/C8H14N2S/c1-9-8(6-11-2)7-4-3-5-10-7/h3-5,8-10H,6H2,1-2H3. The third kappa shape index (κ3) is 2.27. The molecule has 11 heavy (non-hydrogen) atoms. The molecule has 0 saturated carbocycles. The van der Waals surface area contributed by atoms with Gasteiger partial charge in [-0.1, -0.05) is 0 Å². The molecule has 0 radical (unpaired) electrons. The highest BCUT2D eigenvalue weighted by Crippen LogP contribution is 2.13. The van der Waals surface area contributed by atoms with Crippen LogP contribution in [-0.2, 0) is 0 Å². The monoisotopic (exact) mass is 170 g/mol. The van der Waals surface area contributed by atoms with Gasteiger partial charge in [0.05, 0.1) is 6.04 Å². The molecule has 62 valence electrons. The third-order valence-corrected chi connectivity index (χ3v) is 2.35. The summed E-state index contributed by atoms with van der Waals surface area (Å²) >= 11 is 1.85. The molecule has 1 aromatic rings. The zero-order valence-electron chi connectivity index (χ0n) is 6.92. The Balaban J connectivity index is 2.56. The van der Waals surface area contributed by atoms with Crippen molar-refractivity contribution in [3.8, 4) is 0 Å². The summed E-state index contributed by atoms with van der Waals surface area (Å²) in [5.74, 6) is 1.11. The highest BCUT2D eigenvalue weighted by atomic mass is 32.2. The number of aromatic nitrogens is 1. The molecule has 0 aliphatic carbocycles. The average molecular weight is 170 g/mol. The van der Waals surface area contributed by atoms with E-state index in [9.17, 15) is 0 Å². The number of aromatic amines is 1. The second-order valence-electron chi connectivity index (χ2n) is 2.42. The fraction of sp³-hybridized carbons (Fsp3) is 0.500. The summed E-state index contributed by atoms with van der Waals surface area (Å²) in [6, 6.07) is 4.59. The minimum absolute atomic E-state index is 0.458. The van der Waals surface area contributed by atoms with E-state index in [4.69, 9.17) is 0 Å². The van der Waals surface area contributed by atoms with E-state index in [0.29, 0.717) is 6.04 Å². The van der Waals surface area contributed by atoms with Crippen molar-refractivity contribution < 1.29 is 0 Å².